The van der Waals surface area contributed by atoms with E-state index >= 15 is 0 Å². The van der Waals surface area contributed by atoms with E-state index in [9.17, 15) is 4.79 Å². The van der Waals surface area contributed by atoms with Crippen LogP contribution in [0.15, 0.2) is 22.2 Å². The molecule has 2 N–H and O–H groups in total. The first-order valence-corrected chi connectivity index (χ1v) is 6.40. The van der Waals surface area contributed by atoms with E-state index in [4.69, 9.17) is 9.63 Å². The lowest BCUT2D eigenvalue weighted by Crippen LogP contribution is -2.19. The van der Waals surface area contributed by atoms with Crippen LogP contribution in [-0.2, 0) is 6.54 Å². The molecule has 0 aliphatic heterocycles. The number of hydrogen-bond donors (Lipinski definition) is 2. The van der Waals surface area contributed by atoms with Gasteiger partial charge in [0.15, 0.2) is 11.5 Å². The van der Waals surface area contributed by atoms with Crippen molar-refractivity contribution in [3.05, 3.63) is 34.1 Å². The number of hydrogen-bond acceptors (Lipinski definition) is 6. The highest BCUT2D eigenvalue weighted by molar-refractivity contribution is 7.09. The van der Waals surface area contributed by atoms with Gasteiger partial charge in [0.05, 0.1) is 12.6 Å². The number of carboxylic acid groups (broad SMARTS) is 1. The number of aromatic nitrogens is 2. The van der Waals surface area contributed by atoms with Gasteiger partial charge in [-0.05, 0) is 6.42 Å². The van der Waals surface area contributed by atoms with Crippen LogP contribution in [0.2, 0.25) is 0 Å². The highest BCUT2D eigenvalue weighted by Gasteiger charge is 2.14. The Balaban J connectivity index is 1.95. The van der Waals surface area contributed by atoms with E-state index < -0.39 is 5.97 Å². The zero-order valence-electron chi connectivity index (χ0n) is 9.79. The average Bonchev–Trinajstić information content (AvgIpc) is 3.00. The van der Waals surface area contributed by atoms with Gasteiger partial charge in [-0.25, -0.2) is 9.78 Å². The fourth-order valence-electron chi connectivity index (χ4n) is 1.53. The zero-order valence-corrected chi connectivity index (χ0v) is 10.6. The fourth-order valence-corrected chi connectivity index (χ4v) is 2.33. The molecule has 0 bridgehead atoms. The minimum Gasteiger partial charge on any atom is -0.476 e. The molecule has 0 aliphatic carbocycles. The molecule has 1 atom stereocenters. The minimum atomic E-state index is -1.09. The van der Waals surface area contributed by atoms with E-state index in [0.29, 0.717) is 12.3 Å². The largest absolute Gasteiger partial charge is 0.476 e. The summed E-state index contributed by atoms with van der Waals surface area (Å²) in [7, 11) is 0. The summed E-state index contributed by atoms with van der Waals surface area (Å²) in [6.07, 6.45) is 2.66. The quantitative estimate of drug-likeness (QED) is 0.833. The predicted octanol–water partition coefficient (Wildman–Crippen LogP) is 2.07. The maximum absolute atomic E-state index is 10.6. The highest BCUT2D eigenvalue weighted by Crippen LogP contribution is 2.19. The number of aromatic carboxylic acids is 1. The Kier molecular flexibility index (Phi) is 4.06. The first kappa shape index (κ1) is 12.7. The van der Waals surface area contributed by atoms with Crippen molar-refractivity contribution in [1.82, 2.24) is 15.5 Å². The molecule has 6 nitrogen and oxygen atoms in total. The van der Waals surface area contributed by atoms with Crippen LogP contribution in [0.4, 0.5) is 0 Å². The van der Waals surface area contributed by atoms with Crippen LogP contribution in [0.5, 0.6) is 0 Å². The van der Waals surface area contributed by atoms with E-state index in [2.05, 4.69) is 22.4 Å². The van der Waals surface area contributed by atoms with Gasteiger partial charge in [-0.2, -0.15) is 0 Å². The molecule has 0 aromatic carbocycles. The van der Waals surface area contributed by atoms with Gasteiger partial charge < -0.3 is 14.9 Å². The van der Waals surface area contributed by atoms with Gasteiger partial charge in [-0.3, -0.25) is 0 Å². The normalized spacial score (nSPS) is 12.5. The highest BCUT2D eigenvalue weighted by atomic mass is 32.1. The van der Waals surface area contributed by atoms with Gasteiger partial charge in [0.1, 0.15) is 5.01 Å². The van der Waals surface area contributed by atoms with E-state index in [1.165, 1.54) is 6.07 Å². The molecular formula is C11H13N3O3S. The summed E-state index contributed by atoms with van der Waals surface area (Å²) in [6, 6.07) is 1.56. The monoisotopic (exact) mass is 267 g/mol. The number of carboxylic acids is 1. The first-order valence-electron chi connectivity index (χ1n) is 5.52. The lowest BCUT2D eigenvalue weighted by atomic mass is 10.2. The lowest BCUT2D eigenvalue weighted by molar-refractivity contribution is 0.0685. The molecule has 0 spiro atoms. The van der Waals surface area contributed by atoms with Gasteiger partial charge in [0.2, 0.25) is 0 Å². The number of rotatable bonds is 6. The van der Waals surface area contributed by atoms with Crippen molar-refractivity contribution < 1.29 is 14.4 Å². The summed E-state index contributed by atoms with van der Waals surface area (Å²) < 4.78 is 4.93. The first-order chi connectivity index (χ1) is 8.70. The van der Waals surface area contributed by atoms with Gasteiger partial charge in [0, 0.05) is 17.6 Å². The van der Waals surface area contributed by atoms with E-state index in [0.717, 1.165) is 11.4 Å². The molecule has 0 aliphatic rings. The van der Waals surface area contributed by atoms with Crippen molar-refractivity contribution >= 4 is 17.3 Å². The van der Waals surface area contributed by atoms with Crippen molar-refractivity contribution in [3.8, 4) is 0 Å². The smallest absolute Gasteiger partial charge is 0.358 e. The minimum absolute atomic E-state index is 0.0749. The van der Waals surface area contributed by atoms with E-state index in [-0.39, 0.29) is 11.7 Å². The van der Waals surface area contributed by atoms with Crippen molar-refractivity contribution in [1.29, 1.82) is 0 Å². The molecule has 18 heavy (non-hydrogen) atoms. The molecule has 0 fully saturated rings. The summed E-state index contributed by atoms with van der Waals surface area (Å²) in [6.45, 7) is 2.49. The van der Waals surface area contributed by atoms with Gasteiger partial charge in [-0.1, -0.05) is 12.1 Å². The van der Waals surface area contributed by atoms with Gasteiger partial charge in [0.25, 0.3) is 0 Å². The Morgan fingerprint density at radius 3 is 3.06 bits per heavy atom. The molecule has 2 aromatic heterocycles. The summed E-state index contributed by atoms with van der Waals surface area (Å²) >= 11 is 1.59. The molecule has 0 saturated carbocycles. The third kappa shape index (κ3) is 2.93. The third-order valence-electron chi connectivity index (χ3n) is 2.46. The molecule has 1 unspecified atom stereocenters. The Morgan fingerprint density at radius 2 is 2.50 bits per heavy atom. The molecule has 96 valence electrons. The van der Waals surface area contributed by atoms with Crippen molar-refractivity contribution in [2.75, 3.05) is 0 Å². The molecule has 2 aromatic rings. The van der Waals surface area contributed by atoms with Crippen LogP contribution in [0.25, 0.3) is 0 Å². The van der Waals surface area contributed by atoms with Crippen molar-refractivity contribution in [2.45, 2.75) is 25.9 Å². The third-order valence-corrected chi connectivity index (χ3v) is 3.35. The molecule has 0 saturated heterocycles. The maximum Gasteiger partial charge on any atom is 0.358 e. The van der Waals surface area contributed by atoms with E-state index in [1.54, 1.807) is 17.5 Å². The van der Waals surface area contributed by atoms with Gasteiger partial charge in [-0.15, -0.1) is 11.3 Å². The summed E-state index contributed by atoms with van der Waals surface area (Å²) in [5.41, 5.74) is -0.0749. The summed E-state index contributed by atoms with van der Waals surface area (Å²) in [4.78, 5) is 14.9. The van der Waals surface area contributed by atoms with Crippen LogP contribution in [0.3, 0.4) is 0 Å². The van der Waals surface area contributed by atoms with Crippen molar-refractivity contribution in [2.24, 2.45) is 0 Å². The summed E-state index contributed by atoms with van der Waals surface area (Å²) in [5.74, 6) is -0.584. The zero-order chi connectivity index (χ0) is 13.0. The number of carbonyl (C=O) groups is 1. The van der Waals surface area contributed by atoms with Crippen LogP contribution < -0.4 is 5.32 Å². The molecule has 0 radical (unpaired) electrons. The number of nitrogens with one attached hydrogen (secondary N) is 1. The molecular weight excluding hydrogens is 254 g/mol. The van der Waals surface area contributed by atoms with Crippen LogP contribution in [0, 0.1) is 0 Å². The number of thiazole rings is 1. The lowest BCUT2D eigenvalue weighted by Gasteiger charge is -2.12. The maximum atomic E-state index is 10.6. The second-order valence-electron chi connectivity index (χ2n) is 3.70. The predicted molar refractivity (Wildman–Crippen MR) is 65.4 cm³/mol. The molecule has 2 rings (SSSR count). The standard InChI is InChI=1S/C11H13N3O3S/c1-2-8(10-12-3-4-18-10)13-6-7-5-9(11(15)16)14-17-7/h3-5,8,13H,2,6H2,1H3,(H,15,16). The second kappa shape index (κ2) is 5.74. The Morgan fingerprint density at radius 1 is 1.67 bits per heavy atom. The van der Waals surface area contributed by atoms with Crippen molar-refractivity contribution in [3.63, 3.8) is 0 Å². The molecule has 7 heteroatoms. The Bertz CT molecular complexity index is 509. The molecule has 2 heterocycles. The SMILES string of the molecule is CCC(NCc1cc(C(=O)O)no1)c1nccs1. The summed E-state index contributed by atoms with van der Waals surface area (Å²) in [5, 5.41) is 18.4. The number of nitrogens with zero attached hydrogens (tertiary/aromatic N) is 2. The van der Waals surface area contributed by atoms with Crippen LogP contribution in [-0.4, -0.2) is 21.2 Å². The average molecular weight is 267 g/mol. The Hall–Kier alpha value is -1.73. The Labute approximate surface area is 108 Å². The van der Waals surface area contributed by atoms with Crippen LogP contribution in [0.1, 0.15) is 40.6 Å². The second-order valence-corrected chi connectivity index (χ2v) is 4.62. The fraction of sp³-hybridized carbons (Fsp3) is 0.364. The molecule has 0 amide bonds. The van der Waals surface area contributed by atoms with Crippen LogP contribution >= 0.6 is 11.3 Å². The topological polar surface area (TPSA) is 88.2 Å². The van der Waals surface area contributed by atoms with E-state index in [1.807, 2.05) is 5.38 Å². The van der Waals surface area contributed by atoms with Gasteiger partial charge >= 0.3 is 5.97 Å².